The van der Waals surface area contributed by atoms with Crippen LogP contribution < -0.4 is 10.4 Å². The molecule has 0 aliphatic heterocycles. The maximum Gasteiger partial charge on any atom is 0.344 e. The quantitative estimate of drug-likeness (QED) is 0.389. The van der Waals surface area contributed by atoms with E-state index < -0.39 is 0 Å². The van der Waals surface area contributed by atoms with Crippen LogP contribution in [0.25, 0.3) is 33.2 Å². The normalized spacial score (nSPS) is 12.1. The van der Waals surface area contributed by atoms with Crippen molar-refractivity contribution < 1.29 is 9.15 Å². The van der Waals surface area contributed by atoms with Gasteiger partial charge in [-0.1, -0.05) is 43.3 Å². The Hall–Kier alpha value is -3.33. The second-order valence-electron chi connectivity index (χ2n) is 7.16. The topological polar surface area (TPSA) is 39.4 Å². The van der Waals surface area contributed by atoms with Gasteiger partial charge in [-0.15, -0.1) is 0 Å². The highest BCUT2D eigenvalue weighted by Gasteiger charge is 2.25. The van der Waals surface area contributed by atoms with E-state index in [0.29, 0.717) is 16.9 Å². The Bertz CT molecular complexity index is 1280. The molecule has 1 aliphatic carbocycles. The van der Waals surface area contributed by atoms with Crippen LogP contribution in [0.15, 0.2) is 69.9 Å². The van der Waals surface area contributed by atoms with Gasteiger partial charge in [0, 0.05) is 11.5 Å². The Balaban J connectivity index is 1.75. The van der Waals surface area contributed by atoms with Crippen LogP contribution in [-0.4, -0.2) is 7.11 Å². The van der Waals surface area contributed by atoms with Gasteiger partial charge in [-0.3, -0.25) is 0 Å². The third-order valence-corrected chi connectivity index (χ3v) is 5.67. The van der Waals surface area contributed by atoms with Crippen molar-refractivity contribution in [3.63, 3.8) is 0 Å². The SMILES string of the molecule is CCc1ccc(-c2cc3ccc(OC)cc3oc2=O)c2c1-c1ccccc1C2. The zero-order valence-electron chi connectivity index (χ0n) is 15.9. The molecule has 138 valence electrons. The van der Waals surface area contributed by atoms with Crippen LogP contribution in [-0.2, 0) is 12.8 Å². The Labute approximate surface area is 163 Å². The van der Waals surface area contributed by atoms with Gasteiger partial charge in [0.15, 0.2) is 0 Å². The number of hydrogen-bond acceptors (Lipinski definition) is 3. The second-order valence-corrected chi connectivity index (χ2v) is 7.16. The molecule has 0 N–H and O–H groups in total. The number of benzene rings is 3. The molecule has 1 heterocycles. The predicted molar refractivity (Wildman–Crippen MR) is 112 cm³/mol. The van der Waals surface area contributed by atoms with Crippen LogP contribution >= 0.6 is 0 Å². The van der Waals surface area contributed by atoms with Crippen molar-refractivity contribution in [2.24, 2.45) is 0 Å². The molecular formula is C25H20O3. The summed E-state index contributed by atoms with van der Waals surface area (Å²) in [6.07, 6.45) is 1.80. The van der Waals surface area contributed by atoms with Crippen molar-refractivity contribution in [3.05, 3.63) is 87.8 Å². The summed E-state index contributed by atoms with van der Waals surface area (Å²) in [6.45, 7) is 2.17. The van der Waals surface area contributed by atoms with E-state index in [9.17, 15) is 4.79 Å². The van der Waals surface area contributed by atoms with Gasteiger partial charge in [0.05, 0.1) is 12.7 Å². The molecule has 1 aromatic heterocycles. The van der Waals surface area contributed by atoms with E-state index >= 15 is 0 Å². The molecule has 4 aromatic rings. The molecular weight excluding hydrogens is 348 g/mol. The first-order valence-corrected chi connectivity index (χ1v) is 9.55. The van der Waals surface area contributed by atoms with E-state index in [-0.39, 0.29) is 5.63 Å². The average molecular weight is 368 g/mol. The van der Waals surface area contributed by atoms with Crippen molar-refractivity contribution in [1.82, 2.24) is 0 Å². The van der Waals surface area contributed by atoms with Gasteiger partial charge in [-0.25, -0.2) is 4.79 Å². The van der Waals surface area contributed by atoms with Crippen molar-refractivity contribution in [1.29, 1.82) is 0 Å². The fourth-order valence-corrected chi connectivity index (χ4v) is 4.28. The Morgan fingerprint density at radius 3 is 2.64 bits per heavy atom. The molecule has 0 radical (unpaired) electrons. The monoisotopic (exact) mass is 368 g/mol. The molecule has 3 nitrogen and oxygen atoms in total. The van der Waals surface area contributed by atoms with E-state index in [0.717, 1.165) is 23.8 Å². The van der Waals surface area contributed by atoms with Crippen molar-refractivity contribution in [3.8, 4) is 28.0 Å². The summed E-state index contributed by atoms with van der Waals surface area (Å²) in [5.74, 6) is 0.673. The number of aryl methyl sites for hydroxylation is 1. The minimum absolute atomic E-state index is 0.317. The van der Waals surface area contributed by atoms with Gasteiger partial charge >= 0.3 is 5.63 Å². The summed E-state index contributed by atoms with van der Waals surface area (Å²) in [5, 5.41) is 0.888. The maximum absolute atomic E-state index is 12.9. The summed E-state index contributed by atoms with van der Waals surface area (Å²) >= 11 is 0. The van der Waals surface area contributed by atoms with Crippen LogP contribution in [0.2, 0.25) is 0 Å². The third kappa shape index (κ3) is 2.47. The Morgan fingerprint density at radius 1 is 0.964 bits per heavy atom. The van der Waals surface area contributed by atoms with Gasteiger partial charge in [0.1, 0.15) is 11.3 Å². The van der Waals surface area contributed by atoms with Crippen molar-refractivity contribution in [2.75, 3.05) is 7.11 Å². The first kappa shape index (κ1) is 16.8. The smallest absolute Gasteiger partial charge is 0.344 e. The molecule has 0 fully saturated rings. The summed E-state index contributed by atoms with van der Waals surface area (Å²) in [6, 6.07) is 20.2. The molecule has 3 heteroatoms. The molecule has 0 bridgehead atoms. The van der Waals surface area contributed by atoms with Crippen LogP contribution in [0, 0.1) is 0 Å². The van der Waals surface area contributed by atoms with Gasteiger partial charge in [-0.2, -0.15) is 0 Å². The molecule has 1 aliphatic rings. The number of rotatable bonds is 3. The third-order valence-electron chi connectivity index (χ3n) is 5.67. The highest BCUT2D eigenvalue weighted by atomic mass is 16.5. The molecule has 0 atom stereocenters. The largest absolute Gasteiger partial charge is 0.497 e. The molecule has 0 amide bonds. The van der Waals surface area contributed by atoms with E-state index in [1.807, 2.05) is 18.2 Å². The lowest BCUT2D eigenvalue weighted by atomic mass is 9.91. The van der Waals surface area contributed by atoms with E-state index in [4.69, 9.17) is 9.15 Å². The molecule has 3 aromatic carbocycles. The second kappa shape index (κ2) is 6.38. The number of fused-ring (bicyclic) bond motifs is 4. The molecule has 28 heavy (non-hydrogen) atoms. The molecule has 0 spiro atoms. The summed E-state index contributed by atoms with van der Waals surface area (Å²) in [4.78, 5) is 12.9. The summed E-state index contributed by atoms with van der Waals surface area (Å²) in [5.41, 5.74) is 8.23. The van der Waals surface area contributed by atoms with Gasteiger partial charge in [-0.05, 0) is 64.4 Å². The Kier molecular flexibility index (Phi) is 3.83. The number of ether oxygens (including phenoxy) is 1. The van der Waals surface area contributed by atoms with E-state index in [1.54, 1.807) is 13.2 Å². The van der Waals surface area contributed by atoms with Crippen LogP contribution in [0.1, 0.15) is 23.6 Å². The first-order chi connectivity index (χ1) is 13.7. The first-order valence-electron chi connectivity index (χ1n) is 9.55. The highest BCUT2D eigenvalue weighted by Crippen LogP contribution is 2.43. The number of hydrogen-bond donors (Lipinski definition) is 0. The lowest BCUT2D eigenvalue weighted by Gasteiger charge is -2.13. The molecule has 0 saturated carbocycles. The molecule has 5 rings (SSSR count). The van der Waals surface area contributed by atoms with Crippen LogP contribution in [0.4, 0.5) is 0 Å². The molecule has 0 unspecified atom stereocenters. The zero-order chi connectivity index (χ0) is 19.3. The highest BCUT2D eigenvalue weighted by molar-refractivity contribution is 5.89. The fraction of sp³-hybridized carbons (Fsp3) is 0.160. The van der Waals surface area contributed by atoms with Gasteiger partial charge in [0.2, 0.25) is 0 Å². The maximum atomic E-state index is 12.9. The van der Waals surface area contributed by atoms with Crippen LogP contribution in [0.5, 0.6) is 5.75 Å². The predicted octanol–water partition coefficient (Wildman–Crippen LogP) is 5.60. The summed E-state index contributed by atoms with van der Waals surface area (Å²) in [7, 11) is 1.60. The van der Waals surface area contributed by atoms with Gasteiger partial charge < -0.3 is 9.15 Å². The Morgan fingerprint density at radius 2 is 1.82 bits per heavy atom. The van der Waals surface area contributed by atoms with Crippen molar-refractivity contribution >= 4 is 11.0 Å². The lowest BCUT2D eigenvalue weighted by Crippen LogP contribution is -2.05. The van der Waals surface area contributed by atoms with E-state index in [2.05, 4.69) is 43.3 Å². The minimum Gasteiger partial charge on any atom is -0.497 e. The number of methoxy groups -OCH3 is 1. The fourth-order valence-electron chi connectivity index (χ4n) is 4.28. The van der Waals surface area contributed by atoms with E-state index in [1.165, 1.54) is 27.8 Å². The van der Waals surface area contributed by atoms with Gasteiger partial charge in [0.25, 0.3) is 0 Å². The molecule has 0 saturated heterocycles. The minimum atomic E-state index is -0.317. The standard InChI is InChI=1S/C25H20O3/c1-3-15-9-11-20(21-12-16-6-4-5-7-19(16)24(15)21)22-13-17-8-10-18(27-2)14-23(17)28-25(22)26/h4-11,13-14H,3,12H2,1-2H3. The van der Waals surface area contributed by atoms with Crippen LogP contribution in [0.3, 0.4) is 0 Å². The summed E-state index contributed by atoms with van der Waals surface area (Å²) < 4.78 is 10.9. The lowest BCUT2D eigenvalue weighted by molar-refractivity contribution is 0.414. The zero-order valence-corrected chi connectivity index (χ0v) is 15.9. The average Bonchev–Trinajstić information content (AvgIpc) is 3.12. The van der Waals surface area contributed by atoms with Crippen molar-refractivity contribution in [2.45, 2.75) is 19.8 Å².